The summed E-state index contributed by atoms with van der Waals surface area (Å²) in [5.74, 6) is 2.70. The third-order valence-corrected chi connectivity index (χ3v) is 5.90. The Morgan fingerprint density at radius 1 is 1.13 bits per heavy atom. The summed E-state index contributed by atoms with van der Waals surface area (Å²) in [7, 11) is 1.89. The number of nitrogens with zero attached hydrogens (tertiary/aromatic N) is 3. The van der Waals surface area contributed by atoms with E-state index in [-0.39, 0.29) is 0 Å². The maximum Gasteiger partial charge on any atom is 0.298 e. The molecule has 8 heteroatoms. The second-order valence-corrected chi connectivity index (χ2v) is 8.84. The summed E-state index contributed by atoms with van der Waals surface area (Å²) in [6.45, 7) is 8.24. The quantitative estimate of drug-likeness (QED) is 0.325. The maximum absolute atomic E-state index is 6.09. The second kappa shape index (κ2) is 9.77. The van der Waals surface area contributed by atoms with Gasteiger partial charge in [0.2, 0.25) is 0 Å². The number of ether oxygens (including phenoxy) is 1. The summed E-state index contributed by atoms with van der Waals surface area (Å²) in [6.07, 6.45) is 0.560. The lowest BCUT2D eigenvalue weighted by Crippen LogP contribution is -2.23. The Kier molecular flexibility index (Phi) is 7.34. The van der Waals surface area contributed by atoms with Crippen molar-refractivity contribution < 1.29 is 4.74 Å². The summed E-state index contributed by atoms with van der Waals surface area (Å²) >= 11 is 13.3. The number of benzene rings is 2. The highest BCUT2D eigenvalue weighted by Gasteiger charge is 2.12. The van der Waals surface area contributed by atoms with Crippen LogP contribution in [-0.2, 0) is 6.42 Å². The van der Waals surface area contributed by atoms with E-state index in [1.54, 1.807) is 6.07 Å². The minimum absolute atomic E-state index is 0.320. The fourth-order valence-corrected chi connectivity index (χ4v) is 3.77. The van der Waals surface area contributed by atoms with Gasteiger partial charge >= 0.3 is 0 Å². The van der Waals surface area contributed by atoms with Crippen LogP contribution in [0.5, 0.6) is 10.9 Å². The smallest absolute Gasteiger partial charge is 0.298 e. The minimum atomic E-state index is 0.320. The minimum Gasteiger partial charge on any atom is -0.430 e. The molecule has 0 radical (unpaired) electrons. The van der Waals surface area contributed by atoms with Crippen molar-refractivity contribution in [3.63, 3.8) is 0 Å². The Bertz CT molecular complexity index is 1080. The van der Waals surface area contributed by atoms with Crippen LogP contribution in [0.1, 0.15) is 36.4 Å². The molecule has 0 spiro atoms. The number of rotatable bonds is 6. The zero-order chi connectivity index (χ0) is 21.8. The zero-order valence-corrected chi connectivity index (χ0v) is 19.9. The molecule has 3 aromatic rings. The molecule has 0 atom stereocenters. The first-order valence-corrected chi connectivity index (χ1v) is 11.1. The molecule has 0 saturated carbocycles. The molecule has 1 N–H and O–H groups in total. The maximum atomic E-state index is 6.09. The van der Waals surface area contributed by atoms with E-state index in [9.17, 15) is 0 Å². The van der Waals surface area contributed by atoms with Crippen molar-refractivity contribution in [2.75, 3.05) is 7.05 Å². The molecule has 1 aromatic heterocycles. The van der Waals surface area contributed by atoms with Crippen LogP contribution >= 0.6 is 34.7 Å². The van der Waals surface area contributed by atoms with E-state index in [0.29, 0.717) is 33.4 Å². The fourth-order valence-electron chi connectivity index (χ4n) is 2.89. The van der Waals surface area contributed by atoms with E-state index in [2.05, 4.69) is 28.5 Å². The molecule has 5 nitrogen and oxygen atoms in total. The molecular weight excluding hydrogens is 439 g/mol. The topological polar surface area (TPSA) is 59.4 Å². The second-order valence-electron chi connectivity index (χ2n) is 7.31. The van der Waals surface area contributed by atoms with Crippen molar-refractivity contribution in [1.29, 1.82) is 0 Å². The zero-order valence-electron chi connectivity index (χ0n) is 17.6. The van der Waals surface area contributed by atoms with Crippen molar-refractivity contribution in [3.05, 3.63) is 62.9 Å². The van der Waals surface area contributed by atoms with Gasteiger partial charge < -0.3 is 10.1 Å². The van der Waals surface area contributed by atoms with E-state index in [1.165, 1.54) is 11.5 Å². The molecule has 3 rings (SSSR count). The molecule has 30 heavy (non-hydrogen) atoms. The lowest BCUT2D eigenvalue weighted by molar-refractivity contribution is 0.473. The van der Waals surface area contributed by atoms with Gasteiger partial charge in [-0.15, -0.1) is 0 Å². The lowest BCUT2D eigenvalue weighted by Gasteiger charge is -2.12. The summed E-state index contributed by atoms with van der Waals surface area (Å²) in [5.41, 5.74) is 3.94. The molecule has 0 aliphatic rings. The van der Waals surface area contributed by atoms with Gasteiger partial charge in [0.05, 0.1) is 15.7 Å². The number of aryl methyl sites for hydroxylation is 2. The Labute approximate surface area is 191 Å². The normalized spacial score (nSPS) is 11.8. The van der Waals surface area contributed by atoms with Gasteiger partial charge in [0.25, 0.3) is 5.19 Å². The molecule has 0 bridgehead atoms. The summed E-state index contributed by atoms with van der Waals surface area (Å²) < 4.78 is 10.4. The van der Waals surface area contributed by atoms with Gasteiger partial charge in [0, 0.05) is 30.9 Å². The summed E-state index contributed by atoms with van der Waals surface area (Å²) in [4.78, 5) is 9.26. The average Bonchev–Trinajstić information content (AvgIpc) is 3.12. The highest BCUT2D eigenvalue weighted by Crippen LogP contribution is 2.33. The van der Waals surface area contributed by atoms with Gasteiger partial charge in [-0.3, -0.25) is 0 Å². The largest absolute Gasteiger partial charge is 0.430 e. The molecule has 0 unspecified atom stereocenters. The van der Waals surface area contributed by atoms with E-state index >= 15 is 0 Å². The van der Waals surface area contributed by atoms with Crippen molar-refractivity contribution in [2.45, 2.75) is 34.1 Å². The van der Waals surface area contributed by atoms with E-state index in [0.717, 1.165) is 34.0 Å². The standard InChI is InChI=1S/C22H24Cl2N4OS/c1-12(2)21(25-5)26-18-8-14(4)19(9-13(18)3)29-22-27-20(28-30-22)11-15-6-7-16(23)17(24)10-15/h6-10,12H,11H2,1-5H3,(H,25,26). The van der Waals surface area contributed by atoms with E-state index in [1.807, 2.05) is 45.2 Å². The van der Waals surface area contributed by atoms with Crippen LogP contribution in [0.2, 0.25) is 10.0 Å². The van der Waals surface area contributed by atoms with Crippen LogP contribution in [0.4, 0.5) is 5.69 Å². The van der Waals surface area contributed by atoms with E-state index < -0.39 is 0 Å². The number of aromatic nitrogens is 2. The van der Waals surface area contributed by atoms with Gasteiger partial charge in [-0.2, -0.15) is 9.36 Å². The van der Waals surface area contributed by atoms with Crippen molar-refractivity contribution in [3.8, 4) is 10.9 Å². The van der Waals surface area contributed by atoms with Gasteiger partial charge in [0.1, 0.15) is 11.6 Å². The van der Waals surface area contributed by atoms with Crippen LogP contribution in [0.15, 0.2) is 35.3 Å². The SMILES string of the molecule is CNC(=Nc1cc(C)c(Oc2nc(Cc3ccc(Cl)c(Cl)c3)ns2)cc1C)C(C)C. The van der Waals surface area contributed by atoms with Crippen LogP contribution < -0.4 is 10.1 Å². The van der Waals surface area contributed by atoms with Crippen molar-refractivity contribution >= 4 is 46.3 Å². The first-order chi connectivity index (χ1) is 14.3. The summed E-state index contributed by atoms with van der Waals surface area (Å²) in [5, 5.41) is 4.72. The first-order valence-electron chi connectivity index (χ1n) is 9.58. The van der Waals surface area contributed by atoms with Crippen LogP contribution in [0, 0.1) is 19.8 Å². The molecule has 0 amide bonds. The average molecular weight is 463 g/mol. The molecule has 0 saturated heterocycles. The highest BCUT2D eigenvalue weighted by atomic mass is 35.5. The number of nitrogens with one attached hydrogen (secondary N) is 1. The molecule has 2 aromatic carbocycles. The monoisotopic (exact) mass is 462 g/mol. The fraction of sp³-hybridized carbons (Fsp3) is 0.318. The molecule has 0 aliphatic heterocycles. The van der Waals surface area contributed by atoms with Crippen LogP contribution in [-0.4, -0.2) is 22.2 Å². The predicted octanol–water partition coefficient (Wildman–Crippen LogP) is 6.75. The van der Waals surface area contributed by atoms with Crippen molar-refractivity contribution in [2.24, 2.45) is 10.9 Å². The van der Waals surface area contributed by atoms with E-state index in [4.69, 9.17) is 32.9 Å². The number of hydrogen-bond acceptors (Lipinski definition) is 5. The van der Waals surface area contributed by atoms with Crippen LogP contribution in [0.3, 0.4) is 0 Å². The van der Waals surface area contributed by atoms with Gasteiger partial charge in [-0.25, -0.2) is 4.99 Å². The number of amidine groups is 1. The third-order valence-electron chi connectivity index (χ3n) is 4.53. The van der Waals surface area contributed by atoms with Crippen LogP contribution in [0.25, 0.3) is 0 Å². The van der Waals surface area contributed by atoms with Gasteiger partial charge in [-0.05, 0) is 54.8 Å². The number of hydrogen-bond donors (Lipinski definition) is 1. The Hall–Kier alpha value is -2.15. The first kappa shape index (κ1) is 22.5. The third kappa shape index (κ3) is 5.50. The highest BCUT2D eigenvalue weighted by molar-refractivity contribution is 7.07. The number of aliphatic imine (C=N–C) groups is 1. The predicted molar refractivity (Wildman–Crippen MR) is 126 cm³/mol. The Balaban J connectivity index is 1.77. The Morgan fingerprint density at radius 3 is 2.57 bits per heavy atom. The van der Waals surface area contributed by atoms with Crippen molar-refractivity contribution in [1.82, 2.24) is 14.7 Å². The lowest BCUT2D eigenvalue weighted by atomic mass is 10.1. The molecule has 158 valence electrons. The molecular formula is C22H24Cl2N4OS. The van der Waals surface area contributed by atoms with Gasteiger partial charge in [-0.1, -0.05) is 43.1 Å². The summed E-state index contributed by atoms with van der Waals surface area (Å²) in [6, 6.07) is 9.54. The molecule has 0 aliphatic carbocycles. The number of halogens is 2. The molecule has 0 fully saturated rings. The van der Waals surface area contributed by atoms with Gasteiger partial charge in [0.15, 0.2) is 5.82 Å². The Morgan fingerprint density at radius 2 is 1.90 bits per heavy atom. The molecule has 1 heterocycles.